The minimum Gasteiger partial charge on any atom is -0.381 e. The highest BCUT2D eigenvalue weighted by Gasteiger charge is 2.52. The molecule has 3 aliphatic rings. The molecule has 3 fully saturated rings. The van der Waals surface area contributed by atoms with Crippen molar-refractivity contribution in [3.05, 3.63) is 35.6 Å². The lowest BCUT2D eigenvalue weighted by atomic mass is 9.81. The van der Waals surface area contributed by atoms with Crippen LogP contribution in [-0.4, -0.2) is 56.6 Å². The van der Waals surface area contributed by atoms with Gasteiger partial charge in [-0.1, -0.05) is 12.1 Å². The third kappa shape index (κ3) is 4.05. The Hall–Kier alpha value is -1.01. The molecule has 5 heteroatoms. The molecule has 0 N–H and O–H groups in total. The zero-order chi connectivity index (χ0) is 17.1. The second-order valence-corrected chi connectivity index (χ2v) is 7.77. The first kappa shape index (κ1) is 17.4. The SMILES string of the molecule is Fc1cccc(CN2CC3(C2)OCCC3COCC2CCOCC2)c1. The fourth-order valence-electron chi connectivity index (χ4n) is 4.38. The van der Waals surface area contributed by atoms with Crippen molar-refractivity contribution in [2.75, 3.05) is 46.1 Å². The maximum Gasteiger partial charge on any atom is 0.123 e. The highest BCUT2D eigenvalue weighted by Crippen LogP contribution is 2.40. The van der Waals surface area contributed by atoms with Crippen molar-refractivity contribution in [1.82, 2.24) is 4.90 Å². The Bertz CT molecular complexity index is 570. The van der Waals surface area contributed by atoms with Gasteiger partial charge in [-0.2, -0.15) is 0 Å². The average molecular weight is 349 g/mol. The van der Waals surface area contributed by atoms with Crippen LogP contribution in [0.4, 0.5) is 4.39 Å². The number of benzene rings is 1. The van der Waals surface area contributed by atoms with Gasteiger partial charge in [0.05, 0.1) is 12.2 Å². The van der Waals surface area contributed by atoms with Crippen LogP contribution in [0.15, 0.2) is 24.3 Å². The molecule has 1 unspecified atom stereocenters. The van der Waals surface area contributed by atoms with Gasteiger partial charge in [0.2, 0.25) is 0 Å². The van der Waals surface area contributed by atoms with Crippen LogP contribution < -0.4 is 0 Å². The summed E-state index contributed by atoms with van der Waals surface area (Å²) in [5.41, 5.74) is 0.989. The Morgan fingerprint density at radius 3 is 2.76 bits per heavy atom. The maximum atomic E-state index is 13.3. The van der Waals surface area contributed by atoms with Crippen LogP contribution in [0.25, 0.3) is 0 Å². The van der Waals surface area contributed by atoms with E-state index in [0.29, 0.717) is 11.8 Å². The Morgan fingerprint density at radius 2 is 1.96 bits per heavy atom. The molecule has 3 heterocycles. The number of ether oxygens (including phenoxy) is 3. The van der Waals surface area contributed by atoms with E-state index in [-0.39, 0.29) is 11.4 Å². The van der Waals surface area contributed by atoms with Crippen LogP contribution in [0, 0.1) is 17.7 Å². The first-order chi connectivity index (χ1) is 12.2. The molecule has 1 spiro atoms. The summed E-state index contributed by atoms with van der Waals surface area (Å²) in [4.78, 5) is 2.34. The highest BCUT2D eigenvalue weighted by molar-refractivity contribution is 5.17. The predicted molar refractivity (Wildman–Crippen MR) is 92.8 cm³/mol. The van der Waals surface area contributed by atoms with Gasteiger partial charge in [-0.05, 0) is 42.9 Å². The topological polar surface area (TPSA) is 30.9 Å². The summed E-state index contributed by atoms with van der Waals surface area (Å²) < 4.78 is 30.9. The Kier molecular flexibility index (Phi) is 5.36. The van der Waals surface area contributed by atoms with E-state index in [0.717, 1.165) is 77.5 Å². The number of rotatable bonds is 6. The summed E-state index contributed by atoms with van der Waals surface area (Å²) in [5.74, 6) is 0.971. The summed E-state index contributed by atoms with van der Waals surface area (Å²) in [6.45, 7) is 6.87. The molecule has 0 saturated carbocycles. The fraction of sp³-hybridized carbons (Fsp3) is 0.700. The lowest BCUT2D eigenvalue weighted by Gasteiger charge is -2.50. The van der Waals surface area contributed by atoms with Crippen molar-refractivity contribution < 1.29 is 18.6 Å². The lowest BCUT2D eigenvalue weighted by molar-refractivity contribution is -0.147. The first-order valence-electron chi connectivity index (χ1n) is 9.50. The molecular formula is C20H28FNO3. The van der Waals surface area contributed by atoms with E-state index < -0.39 is 0 Å². The third-order valence-corrected chi connectivity index (χ3v) is 5.89. The minimum atomic E-state index is -0.163. The Labute approximate surface area is 149 Å². The van der Waals surface area contributed by atoms with Gasteiger partial charge in [0, 0.05) is 52.0 Å². The molecule has 4 rings (SSSR count). The van der Waals surface area contributed by atoms with Crippen LogP contribution in [0.3, 0.4) is 0 Å². The molecule has 138 valence electrons. The molecular weight excluding hydrogens is 321 g/mol. The fourth-order valence-corrected chi connectivity index (χ4v) is 4.38. The molecule has 0 radical (unpaired) electrons. The minimum absolute atomic E-state index is 0.0387. The van der Waals surface area contributed by atoms with Crippen molar-refractivity contribution in [3.63, 3.8) is 0 Å². The van der Waals surface area contributed by atoms with Crippen molar-refractivity contribution in [1.29, 1.82) is 0 Å². The van der Waals surface area contributed by atoms with Gasteiger partial charge in [-0.3, -0.25) is 4.90 Å². The summed E-state index contributed by atoms with van der Waals surface area (Å²) in [6, 6.07) is 6.87. The normalized spacial score (nSPS) is 26.8. The summed E-state index contributed by atoms with van der Waals surface area (Å²) in [5, 5.41) is 0. The molecule has 1 aromatic carbocycles. The van der Waals surface area contributed by atoms with E-state index in [1.165, 1.54) is 6.07 Å². The molecule has 3 saturated heterocycles. The van der Waals surface area contributed by atoms with Gasteiger partial charge < -0.3 is 14.2 Å². The van der Waals surface area contributed by atoms with Gasteiger partial charge in [0.1, 0.15) is 5.82 Å². The molecule has 0 bridgehead atoms. The number of likely N-dealkylation sites (tertiary alicyclic amines) is 1. The van der Waals surface area contributed by atoms with E-state index in [4.69, 9.17) is 14.2 Å². The van der Waals surface area contributed by atoms with Gasteiger partial charge in [0.25, 0.3) is 0 Å². The first-order valence-corrected chi connectivity index (χ1v) is 9.50. The zero-order valence-corrected chi connectivity index (χ0v) is 14.8. The molecule has 3 aliphatic heterocycles. The maximum absolute atomic E-state index is 13.3. The third-order valence-electron chi connectivity index (χ3n) is 5.89. The van der Waals surface area contributed by atoms with Crippen molar-refractivity contribution in [2.45, 2.75) is 31.4 Å². The molecule has 1 atom stereocenters. The number of hydrogen-bond acceptors (Lipinski definition) is 4. The second kappa shape index (κ2) is 7.70. The largest absolute Gasteiger partial charge is 0.381 e. The highest BCUT2D eigenvalue weighted by atomic mass is 19.1. The van der Waals surface area contributed by atoms with E-state index >= 15 is 0 Å². The van der Waals surface area contributed by atoms with E-state index in [1.54, 1.807) is 12.1 Å². The van der Waals surface area contributed by atoms with E-state index in [2.05, 4.69) is 4.90 Å². The van der Waals surface area contributed by atoms with Gasteiger partial charge >= 0.3 is 0 Å². The van der Waals surface area contributed by atoms with Crippen molar-refractivity contribution in [2.24, 2.45) is 11.8 Å². The van der Waals surface area contributed by atoms with Crippen molar-refractivity contribution in [3.8, 4) is 0 Å². The zero-order valence-electron chi connectivity index (χ0n) is 14.8. The standard InChI is InChI=1S/C20H28FNO3/c21-19-3-1-2-17(10-19)11-22-14-20(15-22)18(6-9-25-20)13-24-12-16-4-7-23-8-5-16/h1-3,10,16,18H,4-9,11-15H2. The molecule has 25 heavy (non-hydrogen) atoms. The van der Waals surface area contributed by atoms with Crippen LogP contribution in [-0.2, 0) is 20.8 Å². The molecule has 0 aromatic heterocycles. The predicted octanol–water partition coefficient (Wildman–Crippen LogP) is 2.86. The monoisotopic (exact) mass is 349 g/mol. The number of hydrogen-bond donors (Lipinski definition) is 0. The molecule has 1 aromatic rings. The van der Waals surface area contributed by atoms with Crippen molar-refractivity contribution >= 4 is 0 Å². The number of halogens is 1. The Balaban J connectivity index is 1.23. The second-order valence-electron chi connectivity index (χ2n) is 7.77. The van der Waals surface area contributed by atoms with Crippen LogP contribution in [0.2, 0.25) is 0 Å². The smallest absolute Gasteiger partial charge is 0.123 e. The van der Waals surface area contributed by atoms with Gasteiger partial charge in [-0.15, -0.1) is 0 Å². The molecule has 0 aliphatic carbocycles. The summed E-state index contributed by atoms with van der Waals surface area (Å²) >= 11 is 0. The number of nitrogens with zero attached hydrogens (tertiary/aromatic N) is 1. The quantitative estimate of drug-likeness (QED) is 0.790. The van der Waals surface area contributed by atoms with E-state index in [1.807, 2.05) is 6.07 Å². The van der Waals surface area contributed by atoms with Gasteiger partial charge in [-0.25, -0.2) is 4.39 Å². The van der Waals surface area contributed by atoms with Crippen LogP contribution in [0.5, 0.6) is 0 Å². The molecule has 4 nitrogen and oxygen atoms in total. The summed E-state index contributed by atoms with van der Waals surface area (Å²) in [7, 11) is 0. The summed E-state index contributed by atoms with van der Waals surface area (Å²) in [6.07, 6.45) is 3.32. The lowest BCUT2D eigenvalue weighted by Crippen LogP contribution is -2.64. The van der Waals surface area contributed by atoms with E-state index in [9.17, 15) is 4.39 Å². The average Bonchev–Trinajstić information content (AvgIpc) is 2.99. The van der Waals surface area contributed by atoms with Crippen LogP contribution >= 0.6 is 0 Å². The molecule has 0 amide bonds. The van der Waals surface area contributed by atoms with Crippen LogP contribution in [0.1, 0.15) is 24.8 Å². The Morgan fingerprint density at radius 1 is 1.12 bits per heavy atom. The van der Waals surface area contributed by atoms with Gasteiger partial charge in [0.15, 0.2) is 0 Å².